The SMILES string of the molecule is CCOC(C)OC1CC2CCC1(C)C2(C)C. The topological polar surface area (TPSA) is 18.5 Å². The highest BCUT2D eigenvalue weighted by molar-refractivity contribution is 5.11. The smallest absolute Gasteiger partial charge is 0.155 e. The third-order valence-corrected chi connectivity index (χ3v) is 5.47. The van der Waals surface area contributed by atoms with Crippen LogP contribution >= 0.6 is 0 Å². The Kier molecular flexibility index (Phi) is 3.09. The predicted molar refractivity (Wildman–Crippen MR) is 65.2 cm³/mol. The molecule has 2 saturated carbocycles. The first kappa shape index (κ1) is 12.4. The van der Waals surface area contributed by atoms with Gasteiger partial charge in [0.05, 0.1) is 6.10 Å². The van der Waals surface area contributed by atoms with Crippen molar-refractivity contribution in [1.29, 1.82) is 0 Å². The standard InChI is InChI=1S/C14H26O2/c1-6-15-10(2)16-12-9-11-7-8-14(12,5)13(11,3)4/h10-12H,6-9H2,1-5H3. The summed E-state index contributed by atoms with van der Waals surface area (Å²) in [5.74, 6) is 0.844. The van der Waals surface area contributed by atoms with Gasteiger partial charge in [0, 0.05) is 6.61 Å². The van der Waals surface area contributed by atoms with Crippen molar-refractivity contribution in [3.8, 4) is 0 Å². The van der Waals surface area contributed by atoms with Gasteiger partial charge in [-0.25, -0.2) is 0 Å². The van der Waals surface area contributed by atoms with Crippen molar-refractivity contribution < 1.29 is 9.47 Å². The minimum atomic E-state index is -0.0537. The number of fused-ring (bicyclic) bond motifs is 2. The van der Waals surface area contributed by atoms with Gasteiger partial charge in [-0.15, -0.1) is 0 Å². The fraction of sp³-hybridized carbons (Fsp3) is 1.00. The van der Waals surface area contributed by atoms with Crippen LogP contribution in [-0.2, 0) is 9.47 Å². The van der Waals surface area contributed by atoms with Gasteiger partial charge < -0.3 is 9.47 Å². The summed E-state index contributed by atoms with van der Waals surface area (Å²) in [6, 6.07) is 0. The lowest BCUT2D eigenvalue weighted by molar-refractivity contribution is -0.187. The van der Waals surface area contributed by atoms with Gasteiger partial charge in [-0.05, 0) is 49.9 Å². The normalized spacial score (nSPS) is 42.6. The average Bonchev–Trinajstić information content (AvgIpc) is 2.51. The Bertz CT molecular complexity index is 261. The summed E-state index contributed by atoms with van der Waals surface area (Å²) in [4.78, 5) is 0. The third-order valence-electron chi connectivity index (χ3n) is 5.47. The first-order valence-electron chi connectivity index (χ1n) is 6.69. The van der Waals surface area contributed by atoms with Crippen LogP contribution in [-0.4, -0.2) is 19.0 Å². The molecule has 0 aromatic heterocycles. The van der Waals surface area contributed by atoms with E-state index in [9.17, 15) is 0 Å². The zero-order valence-electron chi connectivity index (χ0n) is 11.4. The van der Waals surface area contributed by atoms with Crippen molar-refractivity contribution in [1.82, 2.24) is 0 Å². The Balaban J connectivity index is 2.04. The Morgan fingerprint density at radius 3 is 2.44 bits per heavy atom. The first-order chi connectivity index (χ1) is 7.41. The Hall–Kier alpha value is -0.0800. The molecule has 0 N–H and O–H groups in total. The Labute approximate surface area is 99.7 Å². The predicted octanol–water partition coefficient (Wildman–Crippen LogP) is 3.60. The monoisotopic (exact) mass is 226 g/mol. The quantitative estimate of drug-likeness (QED) is 0.682. The van der Waals surface area contributed by atoms with Crippen LogP contribution in [0, 0.1) is 16.7 Å². The van der Waals surface area contributed by atoms with E-state index in [-0.39, 0.29) is 6.29 Å². The summed E-state index contributed by atoms with van der Waals surface area (Å²) in [5.41, 5.74) is 0.784. The molecule has 4 unspecified atom stereocenters. The third kappa shape index (κ3) is 1.62. The van der Waals surface area contributed by atoms with Crippen LogP contribution in [0.25, 0.3) is 0 Å². The molecule has 2 bridgehead atoms. The van der Waals surface area contributed by atoms with Crippen LogP contribution in [0.1, 0.15) is 53.9 Å². The molecule has 0 spiro atoms. The molecule has 0 aromatic rings. The zero-order valence-corrected chi connectivity index (χ0v) is 11.4. The van der Waals surface area contributed by atoms with Crippen LogP contribution < -0.4 is 0 Å². The van der Waals surface area contributed by atoms with Crippen molar-refractivity contribution in [3.63, 3.8) is 0 Å². The minimum Gasteiger partial charge on any atom is -0.353 e. The molecule has 16 heavy (non-hydrogen) atoms. The van der Waals surface area contributed by atoms with Crippen LogP contribution in [0.15, 0.2) is 0 Å². The maximum absolute atomic E-state index is 6.10. The van der Waals surface area contributed by atoms with E-state index < -0.39 is 0 Å². The van der Waals surface area contributed by atoms with Crippen LogP contribution in [0.4, 0.5) is 0 Å². The fourth-order valence-corrected chi connectivity index (χ4v) is 3.84. The van der Waals surface area contributed by atoms with Gasteiger partial charge in [0.15, 0.2) is 6.29 Å². The molecule has 0 aliphatic heterocycles. The van der Waals surface area contributed by atoms with E-state index in [1.807, 2.05) is 13.8 Å². The summed E-state index contributed by atoms with van der Waals surface area (Å²) < 4.78 is 11.6. The number of hydrogen-bond acceptors (Lipinski definition) is 2. The Morgan fingerprint density at radius 1 is 1.31 bits per heavy atom. The molecule has 2 fully saturated rings. The summed E-state index contributed by atoms with van der Waals surface area (Å²) in [5, 5.41) is 0. The number of hydrogen-bond donors (Lipinski definition) is 0. The summed E-state index contributed by atoms with van der Waals surface area (Å²) >= 11 is 0. The molecule has 2 aliphatic rings. The summed E-state index contributed by atoms with van der Waals surface area (Å²) in [6.07, 6.45) is 4.26. The van der Waals surface area contributed by atoms with E-state index >= 15 is 0 Å². The highest BCUT2D eigenvalue weighted by Crippen LogP contribution is 2.66. The molecule has 2 rings (SSSR count). The molecule has 2 heteroatoms. The molecular weight excluding hydrogens is 200 g/mol. The van der Waals surface area contributed by atoms with Crippen molar-refractivity contribution in [2.45, 2.75) is 66.3 Å². The second-order valence-corrected chi connectivity index (χ2v) is 6.26. The maximum atomic E-state index is 6.10. The van der Waals surface area contributed by atoms with E-state index in [1.54, 1.807) is 0 Å². The van der Waals surface area contributed by atoms with E-state index in [0.29, 0.717) is 16.9 Å². The average molecular weight is 226 g/mol. The van der Waals surface area contributed by atoms with Gasteiger partial charge in [-0.2, -0.15) is 0 Å². The maximum Gasteiger partial charge on any atom is 0.155 e. The largest absolute Gasteiger partial charge is 0.353 e. The first-order valence-corrected chi connectivity index (χ1v) is 6.69. The van der Waals surface area contributed by atoms with Crippen LogP contribution in [0.2, 0.25) is 0 Å². The van der Waals surface area contributed by atoms with E-state index in [0.717, 1.165) is 12.5 Å². The van der Waals surface area contributed by atoms with Crippen molar-refractivity contribution in [3.05, 3.63) is 0 Å². The number of ether oxygens (including phenoxy) is 2. The van der Waals surface area contributed by atoms with Crippen LogP contribution in [0.3, 0.4) is 0 Å². The van der Waals surface area contributed by atoms with Gasteiger partial charge in [0.1, 0.15) is 0 Å². The van der Waals surface area contributed by atoms with E-state index in [2.05, 4.69) is 20.8 Å². The number of rotatable bonds is 4. The lowest BCUT2D eigenvalue weighted by Crippen LogP contribution is -2.39. The highest BCUT2D eigenvalue weighted by Gasteiger charge is 2.62. The molecule has 94 valence electrons. The lowest BCUT2D eigenvalue weighted by Gasteiger charge is -2.39. The molecule has 2 aliphatic carbocycles. The fourth-order valence-electron chi connectivity index (χ4n) is 3.84. The zero-order chi connectivity index (χ0) is 12.0. The minimum absolute atomic E-state index is 0.0537. The second-order valence-electron chi connectivity index (χ2n) is 6.26. The van der Waals surface area contributed by atoms with Gasteiger partial charge in [-0.1, -0.05) is 20.8 Å². The van der Waals surface area contributed by atoms with Crippen LogP contribution in [0.5, 0.6) is 0 Å². The molecule has 0 saturated heterocycles. The van der Waals surface area contributed by atoms with Crippen molar-refractivity contribution >= 4 is 0 Å². The molecule has 2 nitrogen and oxygen atoms in total. The molecule has 0 radical (unpaired) electrons. The molecular formula is C14H26O2. The molecule has 0 amide bonds. The summed E-state index contributed by atoms with van der Waals surface area (Å²) in [7, 11) is 0. The Morgan fingerprint density at radius 2 is 2.00 bits per heavy atom. The highest BCUT2D eigenvalue weighted by atomic mass is 16.7. The van der Waals surface area contributed by atoms with E-state index in [4.69, 9.17) is 9.47 Å². The lowest BCUT2D eigenvalue weighted by atomic mass is 9.70. The second kappa shape index (κ2) is 3.99. The van der Waals surface area contributed by atoms with Gasteiger partial charge in [0.25, 0.3) is 0 Å². The van der Waals surface area contributed by atoms with E-state index in [1.165, 1.54) is 19.3 Å². The van der Waals surface area contributed by atoms with Gasteiger partial charge in [-0.3, -0.25) is 0 Å². The van der Waals surface area contributed by atoms with Gasteiger partial charge in [0.2, 0.25) is 0 Å². The van der Waals surface area contributed by atoms with Crippen molar-refractivity contribution in [2.24, 2.45) is 16.7 Å². The molecule has 4 atom stereocenters. The summed E-state index contributed by atoms with van der Waals surface area (Å²) in [6.45, 7) is 12.0. The molecule has 0 heterocycles. The van der Waals surface area contributed by atoms with Crippen molar-refractivity contribution in [2.75, 3.05) is 6.61 Å². The van der Waals surface area contributed by atoms with Gasteiger partial charge >= 0.3 is 0 Å². The molecule has 0 aromatic carbocycles.